The zero-order valence-corrected chi connectivity index (χ0v) is 16.5. The van der Waals surface area contributed by atoms with E-state index in [1.165, 1.54) is 18.6 Å². The number of aryl methyl sites for hydroxylation is 1. The second kappa shape index (κ2) is 9.47. The third-order valence-electron chi connectivity index (χ3n) is 4.85. The minimum Gasteiger partial charge on any atom is -0.355 e. The fraction of sp³-hybridized carbons (Fsp3) is 0.476. The highest BCUT2D eigenvalue weighted by Gasteiger charge is 2.21. The molecule has 2 N–H and O–H groups in total. The summed E-state index contributed by atoms with van der Waals surface area (Å²) in [5.41, 5.74) is 1.57. The van der Waals surface area contributed by atoms with Crippen LogP contribution in [0.15, 0.2) is 24.3 Å². The normalized spacial score (nSPS) is 16.6. The number of piperidine rings is 1. The molecule has 1 fully saturated rings. The summed E-state index contributed by atoms with van der Waals surface area (Å²) in [5, 5.41) is 15.7. The molecule has 148 valence electrons. The van der Waals surface area contributed by atoms with Gasteiger partial charge in [0.2, 0.25) is 5.95 Å². The van der Waals surface area contributed by atoms with Gasteiger partial charge >= 0.3 is 0 Å². The van der Waals surface area contributed by atoms with Crippen LogP contribution in [-0.2, 0) is 6.42 Å². The van der Waals surface area contributed by atoms with Gasteiger partial charge in [-0.15, -0.1) is 0 Å². The first-order valence-electron chi connectivity index (χ1n) is 9.95. The van der Waals surface area contributed by atoms with Crippen LogP contribution in [0, 0.1) is 17.1 Å². The third kappa shape index (κ3) is 4.96. The zero-order valence-electron chi connectivity index (χ0n) is 16.5. The van der Waals surface area contributed by atoms with E-state index in [1.807, 2.05) is 6.07 Å². The summed E-state index contributed by atoms with van der Waals surface area (Å²) >= 11 is 0. The molecular formula is C21H27FN6. The molecule has 6 nitrogen and oxygen atoms in total. The second-order valence-electron chi connectivity index (χ2n) is 7.07. The van der Waals surface area contributed by atoms with Crippen LogP contribution in [0.3, 0.4) is 0 Å². The zero-order chi connectivity index (χ0) is 19.9. The molecule has 1 aromatic carbocycles. The third-order valence-corrected chi connectivity index (χ3v) is 4.85. The lowest BCUT2D eigenvalue weighted by Gasteiger charge is -2.34. The molecule has 1 aliphatic rings. The predicted molar refractivity (Wildman–Crippen MR) is 109 cm³/mol. The van der Waals surface area contributed by atoms with E-state index in [0.29, 0.717) is 17.7 Å². The molecule has 2 heterocycles. The van der Waals surface area contributed by atoms with Gasteiger partial charge in [-0.05, 0) is 44.0 Å². The molecular weight excluding hydrogens is 355 g/mol. The molecule has 7 heteroatoms. The highest BCUT2D eigenvalue weighted by atomic mass is 19.1. The van der Waals surface area contributed by atoms with Gasteiger partial charge in [0.1, 0.15) is 17.7 Å². The van der Waals surface area contributed by atoms with Gasteiger partial charge in [0.15, 0.2) is 0 Å². The van der Waals surface area contributed by atoms with Crippen LogP contribution >= 0.6 is 0 Å². The topological polar surface area (TPSA) is 76.9 Å². The first-order valence-corrected chi connectivity index (χ1v) is 9.95. The largest absolute Gasteiger partial charge is 0.355 e. The van der Waals surface area contributed by atoms with E-state index < -0.39 is 5.82 Å². The fourth-order valence-corrected chi connectivity index (χ4v) is 3.54. The fourth-order valence-electron chi connectivity index (χ4n) is 3.54. The highest BCUT2D eigenvalue weighted by molar-refractivity contribution is 5.58. The van der Waals surface area contributed by atoms with Gasteiger partial charge < -0.3 is 15.5 Å². The molecule has 1 saturated heterocycles. The second-order valence-corrected chi connectivity index (χ2v) is 7.07. The van der Waals surface area contributed by atoms with Crippen molar-refractivity contribution < 1.29 is 4.39 Å². The van der Waals surface area contributed by atoms with E-state index in [4.69, 9.17) is 10.2 Å². The average Bonchev–Trinajstić information content (AvgIpc) is 2.70. The summed E-state index contributed by atoms with van der Waals surface area (Å²) in [6.45, 7) is 7.10. The lowest BCUT2D eigenvalue weighted by atomic mass is 10.1. The Labute approximate surface area is 165 Å². The number of aromatic nitrogens is 2. The smallest absolute Gasteiger partial charge is 0.229 e. The standard InChI is InChI=1S/C21H27FN6/c1-3-6-16-12-20(28-10-5-7-18(14-28)24-4-2)27-21(25-16)26-17-8-9-19(22)15(11-17)13-23/h8-9,11-12,18,24H,3-7,10,14H2,1-2H3,(H,25,26,27)/t18-/m1/s1. The molecule has 0 radical (unpaired) electrons. The Balaban J connectivity index is 1.86. The number of likely N-dealkylation sites (N-methyl/N-ethyl adjacent to an activating group) is 1. The molecule has 0 saturated carbocycles. The van der Waals surface area contributed by atoms with Crippen LogP contribution in [0.5, 0.6) is 0 Å². The summed E-state index contributed by atoms with van der Waals surface area (Å²) in [4.78, 5) is 11.6. The predicted octanol–water partition coefficient (Wildman–Crippen LogP) is 3.76. The van der Waals surface area contributed by atoms with E-state index in [2.05, 4.69) is 40.4 Å². The number of nitrogens with one attached hydrogen (secondary N) is 2. The maximum atomic E-state index is 13.6. The Morgan fingerprint density at radius 3 is 2.89 bits per heavy atom. The Hall–Kier alpha value is -2.72. The number of hydrogen-bond donors (Lipinski definition) is 2. The minimum absolute atomic E-state index is 0.000511. The summed E-state index contributed by atoms with van der Waals surface area (Å²) in [7, 11) is 0. The quantitative estimate of drug-likeness (QED) is 0.759. The SMILES string of the molecule is CCCc1cc(N2CCC[C@@H](NCC)C2)nc(Nc2ccc(F)c(C#N)c2)n1. The molecule has 0 unspecified atom stereocenters. The van der Waals surface area contributed by atoms with Crippen LogP contribution < -0.4 is 15.5 Å². The van der Waals surface area contributed by atoms with Gasteiger partial charge in [-0.25, -0.2) is 9.37 Å². The molecule has 2 aromatic rings. The van der Waals surface area contributed by atoms with Crippen molar-refractivity contribution in [3.63, 3.8) is 0 Å². The van der Waals surface area contributed by atoms with Gasteiger partial charge in [-0.1, -0.05) is 20.3 Å². The van der Waals surface area contributed by atoms with E-state index in [1.54, 1.807) is 6.07 Å². The summed E-state index contributed by atoms with van der Waals surface area (Å²) in [5.74, 6) is 0.852. The van der Waals surface area contributed by atoms with Crippen LogP contribution in [0.25, 0.3) is 0 Å². The average molecular weight is 382 g/mol. The number of anilines is 3. The van der Waals surface area contributed by atoms with Crippen molar-refractivity contribution in [3.05, 3.63) is 41.3 Å². The molecule has 1 aliphatic heterocycles. The lowest BCUT2D eigenvalue weighted by Crippen LogP contribution is -2.46. The molecule has 1 aromatic heterocycles. The number of hydrogen-bond acceptors (Lipinski definition) is 6. The van der Waals surface area contributed by atoms with Gasteiger partial charge in [-0.2, -0.15) is 10.2 Å². The van der Waals surface area contributed by atoms with Gasteiger partial charge in [0.05, 0.1) is 5.56 Å². The molecule has 0 spiro atoms. The summed E-state index contributed by atoms with van der Waals surface area (Å²) < 4.78 is 13.6. The monoisotopic (exact) mass is 382 g/mol. The number of nitrogens with zero attached hydrogens (tertiary/aromatic N) is 4. The Morgan fingerprint density at radius 1 is 1.29 bits per heavy atom. The van der Waals surface area contributed by atoms with E-state index in [-0.39, 0.29) is 5.56 Å². The molecule has 28 heavy (non-hydrogen) atoms. The van der Waals surface area contributed by atoms with Crippen molar-refractivity contribution in [2.24, 2.45) is 0 Å². The van der Waals surface area contributed by atoms with Crippen molar-refractivity contribution in [3.8, 4) is 6.07 Å². The van der Waals surface area contributed by atoms with Crippen LogP contribution in [0.1, 0.15) is 44.4 Å². The van der Waals surface area contributed by atoms with Crippen molar-refractivity contribution >= 4 is 17.5 Å². The number of halogens is 1. The maximum absolute atomic E-state index is 13.6. The van der Waals surface area contributed by atoms with Crippen molar-refractivity contribution in [2.75, 3.05) is 29.9 Å². The van der Waals surface area contributed by atoms with Crippen molar-refractivity contribution in [1.82, 2.24) is 15.3 Å². The van der Waals surface area contributed by atoms with Gasteiger partial charge in [-0.3, -0.25) is 0 Å². The summed E-state index contributed by atoms with van der Waals surface area (Å²) in [6.07, 6.45) is 4.15. The maximum Gasteiger partial charge on any atom is 0.229 e. The molecule has 0 bridgehead atoms. The Morgan fingerprint density at radius 2 is 2.14 bits per heavy atom. The summed E-state index contributed by atoms with van der Waals surface area (Å²) in [6, 6.07) is 8.74. The van der Waals surface area contributed by atoms with Crippen molar-refractivity contribution in [2.45, 2.75) is 45.6 Å². The van der Waals surface area contributed by atoms with Crippen LogP contribution in [0.4, 0.5) is 21.8 Å². The van der Waals surface area contributed by atoms with E-state index in [0.717, 1.165) is 50.4 Å². The molecule has 0 aliphatic carbocycles. The van der Waals surface area contributed by atoms with Crippen LogP contribution in [0.2, 0.25) is 0 Å². The van der Waals surface area contributed by atoms with Gasteiger partial charge in [0.25, 0.3) is 0 Å². The number of nitriles is 1. The molecule has 1 atom stereocenters. The minimum atomic E-state index is -0.530. The van der Waals surface area contributed by atoms with E-state index >= 15 is 0 Å². The lowest BCUT2D eigenvalue weighted by molar-refractivity contribution is 0.429. The van der Waals surface area contributed by atoms with E-state index in [9.17, 15) is 4.39 Å². The van der Waals surface area contributed by atoms with Gasteiger partial charge in [0, 0.05) is 36.6 Å². The molecule has 0 amide bonds. The first kappa shape index (κ1) is 20.0. The number of rotatable bonds is 7. The van der Waals surface area contributed by atoms with Crippen LogP contribution in [-0.4, -0.2) is 35.6 Å². The Bertz CT molecular complexity index is 845. The first-order chi connectivity index (χ1) is 13.6. The van der Waals surface area contributed by atoms with Crippen molar-refractivity contribution in [1.29, 1.82) is 5.26 Å². The molecule has 3 rings (SSSR count). The Kier molecular flexibility index (Phi) is 6.77. The number of benzene rings is 1. The highest BCUT2D eigenvalue weighted by Crippen LogP contribution is 2.23.